The molecule has 0 aliphatic rings. The summed E-state index contributed by atoms with van der Waals surface area (Å²) >= 11 is 0. The molecule has 9 heteroatoms. The maximum Gasteiger partial charge on any atom is 0.354 e. The molecule has 2 N–H and O–H groups in total. The fourth-order valence-corrected chi connectivity index (χ4v) is 2.75. The largest absolute Gasteiger partial charge is 0.477 e. The summed E-state index contributed by atoms with van der Waals surface area (Å²) in [4.78, 5) is 23.6. The zero-order valence-corrected chi connectivity index (χ0v) is 15.8. The Bertz CT molecular complexity index is 1010. The van der Waals surface area contributed by atoms with Crippen molar-refractivity contribution in [1.29, 1.82) is 0 Å². The number of aromatic nitrogens is 4. The van der Waals surface area contributed by atoms with Gasteiger partial charge in [-0.15, -0.1) is 0 Å². The van der Waals surface area contributed by atoms with E-state index in [0.717, 1.165) is 21.6 Å². The second-order valence-electron chi connectivity index (χ2n) is 6.44. The fraction of sp³-hybridized carbons (Fsp3) is 0.263. The van der Waals surface area contributed by atoms with Gasteiger partial charge in [-0.2, -0.15) is 10.2 Å². The summed E-state index contributed by atoms with van der Waals surface area (Å²) in [6, 6.07) is 6.46. The van der Waals surface area contributed by atoms with Crippen molar-refractivity contribution in [2.75, 3.05) is 5.32 Å². The molecule has 0 aliphatic heterocycles. The van der Waals surface area contributed by atoms with Gasteiger partial charge in [0.1, 0.15) is 17.5 Å². The molecule has 0 bridgehead atoms. The van der Waals surface area contributed by atoms with Crippen molar-refractivity contribution in [3.8, 4) is 5.75 Å². The Labute approximate surface area is 161 Å². The Balaban J connectivity index is 1.61. The fourth-order valence-electron chi connectivity index (χ4n) is 2.75. The molecule has 9 nitrogen and oxygen atoms in total. The van der Waals surface area contributed by atoms with Crippen LogP contribution in [-0.4, -0.2) is 36.5 Å². The number of carboxylic acids is 1. The maximum atomic E-state index is 12.4. The first-order valence-electron chi connectivity index (χ1n) is 8.65. The third-order valence-electron chi connectivity index (χ3n) is 4.22. The van der Waals surface area contributed by atoms with E-state index in [1.54, 1.807) is 17.8 Å². The quantitative estimate of drug-likeness (QED) is 0.649. The molecule has 0 fully saturated rings. The van der Waals surface area contributed by atoms with E-state index in [-0.39, 0.29) is 12.4 Å². The lowest BCUT2D eigenvalue weighted by Gasteiger charge is -2.13. The van der Waals surface area contributed by atoms with E-state index in [4.69, 9.17) is 9.84 Å². The molecule has 1 amide bonds. The highest BCUT2D eigenvalue weighted by molar-refractivity contribution is 5.94. The van der Waals surface area contributed by atoms with Crippen LogP contribution < -0.4 is 10.1 Å². The van der Waals surface area contributed by atoms with Crippen LogP contribution in [0.2, 0.25) is 0 Å². The number of hydrogen-bond acceptors (Lipinski definition) is 5. The van der Waals surface area contributed by atoms with E-state index >= 15 is 0 Å². The molecule has 3 aromatic rings. The van der Waals surface area contributed by atoms with Crippen molar-refractivity contribution in [2.45, 2.75) is 33.5 Å². The number of carbonyl (C=O) groups is 2. The van der Waals surface area contributed by atoms with Crippen LogP contribution in [0.3, 0.4) is 0 Å². The Kier molecular flexibility index (Phi) is 5.44. The summed E-state index contributed by atoms with van der Waals surface area (Å²) < 4.78 is 8.46. The average Bonchev–Trinajstić information content (AvgIpc) is 3.29. The van der Waals surface area contributed by atoms with Crippen molar-refractivity contribution >= 4 is 17.6 Å². The van der Waals surface area contributed by atoms with Crippen LogP contribution in [-0.2, 0) is 11.5 Å². The van der Waals surface area contributed by atoms with Gasteiger partial charge >= 0.3 is 5.97 Å². The Morgan fingerprint density at radius 2 is 2.04 bits per heavy atom. The summed E-state index contributed by atoms with van der Waals surface area (Å²) in [5, 5.41) is 19.9. The van der Waals surface area contributed by atoms with Crippen molar-refractivity contribution in [2.24, 2.45) is 0 Å². The van der Waals surface area contributed by atoms with E-state index < -0.39 is 17.9 Å². The Morgan fingerprint density at radius 1 is 1.25 bits per heavy atom. The van der Waals surface area contributed by atoms with Crippen molar-refractivity contribution in [3.63, 3.8) is 0 Å². The van der Waals surface area contributed by atoms with Gasteiger partial charge in [-0.25, -0.2) is 14.2 Å². The normalized spacial score (nSPS) is 11.8. The van der Waals surface area contributed by atoms with E-state index in [1.165, 1.54) is 18.5 Å². The van der Waals surface area contributed by atoms with Gasteiger partial charge in [0.15, 0.2) is 6.73 Å². The van der Waals surface area contributed by atoms with E-state index in [0.29, 0.717) is 5.69 Å². The number of ether oxygens (including phenoxy) is 1. The molecule has 1 aromatic carbocycles. The van der Waals surface area contributed by atoms with Crippen LogP contribution in [0.15, 0.2) is 42.9 Å². The standard InChI is InChI=1S/C19H21N5O4/c1-12-4-5-17(13(2)8-12)28-11-23-10-15(9-21-23)22-18(25)14(3)24-16(19(26)27)6-7-20-24/h4-10,14H,11H2,1-3H3,(H,22,25)(H,26,27). The highest BCUT2D eigenvalue weighted by Gasteiger charge is 2.21. The summed E-state index contributed by atoms with van der Waals surface area (Å²) in [6.45, 7) is 5.75. The number of carboxylic acid groups (broad SMARTS) is 1. The minimum Gasteiger partial charge on any atom is -0.477 e. The van der Waals surface area contributed by atoms with Gasteiger partial charge < -0.3 is 15.2 Å². The third kappa shape index (κ3) is 4.20. The Hall–Kier alpha value is -3.62. The molecule has 2 aromatic heterocycles. The van der Waals surface area contributed by atoms with Gasteiger partial charge in [-0.3, -0.25) is 4.79 Å². The van der Waals surface area contributed by atoms with Crippen LogP contribution in [0.5, 0.6) is 5.75 Å². The lowest BCUT2D eigenvalue weighted by molar-refractivity contribution is -0.119. The maximum absolute atomic E-state index is 12.4. The lowest BCUT2D eigenvalue weighted by Crippen LogP contribution is -2.26. The third-order valence-corrected chi connectivity index (χ3v) is 4.22. The predicted octanol–water partition coefficient (Wildman–Crippen LogP) is 2.63. The molecule has 1 atom stereocenters. The molecule has 2 heterocycles. The van der Waals surface area contributed by atoms with E-state index in [1.807, 2.05) is 32.0 Å². The zero-order chi connectivity index (χ0) is 20.3. The number of amides is 1. The number of anilines is 1. The second kappa shape index (κ2) is 7.95. The molecule has 28 heavy (non-hydrogen) atoms. The number of hydrogen-bond donors (Lipinski definition) is 2. The van der Waals surface area contributed by atoms with Gasteiger partial charge in [0.05, 0.1) is 18.1 Å². The SMILES string of the molecule is Cc1ccc(OCn2cc(NC(=O)C(C)n3nccc3C(=O)O)cn2)c(C)c1. The van der Waals surface area contributed by atoms with Gasteiger partial charge in [0.25, 0.3) is 0 Å². The molecule has 1 unspecified atom stereocenters. The topological polar surface area (TPSA) is 111 Å². The minimum absolute atomic E-state index is 0.0554. The first-order valence-corrected chi connectivity index (χ1v) is 8.65. The smallest absolute Gasteiger partial charge is 0.354 e. The number of nitrogens with one attached hydrogen (secondary N) is 1. The highest BCUT2D eigenvalue weighted by atomic mass is 16.5. The predicted molar refractivity (Wildman–Crippen MR) is 101 cm³/mol. The number of aromatic carboxylic acids is 1. The molecule has 146 valence electrons. The number of benzene rings is 1. The summed E-state index contributed by atoms with van der Waals surface area (Å²) in [7, 11) is 0. The van der Waals surface area contributed by atoms with Gasteiger partial charge in [0, 0.05) is 6.20 Å². The monoisotopic (exact) mass is 383 g/mol. The molecule has 0 spiro atoms. The van der Waals surface area contributed by atoms with Crippen LogP contribution >= 0.6 is 0 Å². The zero-order valence-electron chi connectivity index (χ0n) is 15.8. The number of carbonyl (C=O) groups excluding carboxylic acids is 1. The van der Waals surface area contributed by atoms with Crippen molar-refractivity contribution in [1.82, 2.24) is 19.6 Å². The number of rotatable bonds is 7. The van der Waals surface area contributed by atoms with Crippen LogP contribution in [0.1, 0.15) is 34.6 Å². The molecule has 0 aliphatic carbocycles. The molecular weight excluding hydrogens is 362 g/mol. The van der Waals surface area contributed by atoms with Gasteiger partial charge in [-0.1, -0.05) is 17.7 Å². The molecule has 0 saturated carbocycles. The van der Waals surface area contributed by atoms with Crippen LogP contribution in [0.4, 0.5) is 5.69 Å². The van der Waals surface area contributed by atoms with Crippen LogP contribution in [0, 0.1) is 13.8 Å². The first kappa shape index (κ1) is 19.2. The first-order chi connectivity index (χ1) is 13.3. The summed E-state index contributed by atoms with van der Waals surface area (Å²) in [5.74, 6) is -0.783. The lowest BCUT2D eigenvalue weighted by atomic mass is 10.1. The molecular formula is C19H21N5O4. The minimum atomic E-state index is -1.14. The molecule has 0 radical (unpaired) electrons. The van der Waals surface area contributed by atoms with Gasteiger partial charge in [0.2, 0.25) is 5.91 Å². The van der Waals surface area contributed by atoms with Gasteiger partial charge in [-0.05, 0) is 38.5 Å². The van der Waals surface area contributed by atoms with Crippen molar-refractivity contribution < 1.29 is 19.4 Å². The van der Waals surface area contributed by atoms with Crippen LogP contribution in [0.25, 0.3) is 0 Å². The van der Waals surface area contributed by atoms with E-state index in [2.05, 4.69) is 15.5 Å². The molecule has 0 saturated heterocycles. The number of nitrogens with zero attached hydrogens (tertiary/aromatic N) is 4. The second-order valence-corrected chi connectivity index (χ2v) is 6.44. The summed E-state index contributed by atoms with van der Waals surface area (Å²) in [6.07, 6.45) is 4.47. The van der Waals surface area contributed by atoms with Crippen molar-refractivity contribution in [3.05, 3.63) is 59.7 Å². The number of aryl methyl sites for hydroxylation is 2. The highest BCUT2D eigenvalue weighted by Crippen LogP contribution is 2.19. The van der Waals surface area contributed by atoms with E-state index in [9.17, 15) is 9.59 Å². The Morgan fingerprint density at radius 3 is 2.75 bits per heavy atom. The summed E-state index contributed by atoms with van der Waals surface area (Å²) in [5.41, 5.74) is 2.61. The average molecular weight is 383 g/mol. The molecule has 3 rings (SSSR count).